The number of carbonyl (C=O) groups is 1. The second-order valence-corrected chi connectivity index (χ2v) is 10.8. The van der Waals surface area contributed by atoms with Crippen molar-refractivity contribution < 1.29 is 23.6 Å². The highest BCUT2D eigenvalue weighted by Gasteiger charge is 2.32. The number of H-pyrrole nitrogens is 1. The first-order valence-electron chi connectivity index (χ1n) is 13.2. The van der Waals surface area contributed by atoms with Crippen LogP contribution in [0.3, 0.4) is 0 Å². The summed E-state index contributed by atoms with van der Waals surface area (Å²) in [5.74, 6) is -3.49. The van der Waals surface area contributed by atoms with E-state index < -0.39 is 39.2 Å². The number of carboxylic acids is 1. The van der Waals surface area contributed by atoms with Crippen molar-refractivity contribution in [3.63, 3.8) is 0 Å². The highest BCUT2D eigenvalue weighted by atomic mass is 35.5. The molecule has 3 aromatic carbocycles. The number of imidazole rings is 1. The number of fused-ring (bicyclic) bond motifs is 2. The number of hydrogen-bond acceptors (Lipinski definition) is 6. The van der Waals surface area contributed by atoms with E-state index in [1.807, 2.05) is 0 Å². The van der Waals surface area contributed by atoms with Crippen LogP contribution in [0, 0.1) is 28.7 Å². The number of aryl methyl sites for hydroxylation is 1. The lowest BCUT2D eigenvalue weighted by atomic mass is 9.99. The summed E-state index contributed by atoms with van der Waals surface area (Å²) in [7, 11) is 0. The molecule has 0 aliphatic carbocycles. The number of aromatic amines is 1. The van der Waals surface area contributed by atoms with Crippen LogP contribution in [0.1, 0.15) is 34.8 Å². The SMILES string of the molecule is Cc1c(N2CCC(n3c(=O)[nH]c4cc(Cl)ccc43)CC2)c([N+](=O)[O-])cc2c(=O)c(C(=O)O)cn(-c3ccc(F)cc3F)c12. The molecule has 0 radical (unpaired) electrons. The molecular formula is C29H22ClF2N5O6. The maximum atomic E-state index is 15.0. The molecule has 6 rings (SSSR count). The highest BCUT2D eigenvalue weighted by Crippen LogP contribution is 2.40. The van der Waals surface area contributed by atoms with E-state index in [9.17, 15) is 38.4 Å². The fourth-order valence-electron chi connectivity index (χ4n) is 6.03. The van der Waals surface area contributed by atoms with Gasteiger partial charge in [-0.05, 0) is 50.1 Å². The van der Waals surface area contributed by atoms with Gasteiger partial charge < -0.3 is 19.6 Å². The van der Waals surface area contributed by atoms with Crippen LogP contribution in [-0.4, -0.2) is 43.2 Å². The summed E-state index contributed by atoms with van der Waals surface area (Å²) in [5, 5.41) is 22.2. The van der Waals surface area contributed by atoms with Gasteiger partial charge in [-0.1, -0.05) is 11.6 Å². The summed E-state index contributed by atoms with van der Waals surface area (Å²) in [6.07, 6.45) is 1.83. The lowest BCUT2D eigenvalue weighted by Gasteiger charge is -2.35. The van der Waals surface area contributed by atoms with Gasteiger partial charge in [0.15, 0.2) is 0 Å². The molecule has 0 spiro atoms. The van der Waals surface area contributed by atoms with E-state index in [1.54, 1.807) is 27.7 Å². The van der Waals surface area contributed by atoms with E-state index >= 15 is 0 Å². The zero-order valence-corrected chi connectivity index (χ0v) is 23.2. The fraction of sp³-hybridized carbons (Fsp3) is 0.207. The van der Waals surface area contributed by atoms with Gasteiger partial charge in [0.05, 0.1) is 32.5 Å². The Kier molecular flexibility index (Phi) is 6.76. The van der Waals surface area contributed by atoms with Gasteiger partial charge in [0.25, 0.3) is 5.69 Å². The Morgan fingerprint density at radius 3 is 2.49 bits per heavy atom. The van der Waals surface area contributed by atoms with Gasteiger partial charge in [-0.3, -0.25) is 19.5 Å². The van der Waals surface area contributed by atoms with Gasteiger partial charge in [-0.2, -0.15) is 0 Å². The van der Waals surface area contributed by atoms with Gasteiger partial charge in [0.2, 0.25) is 5.43 Å². The van der Waals surface area contributed by atoms with Crippen molar-refractivity contribution in [1.82, 2.24) is 14.1 Å². The first-order valence-corrected chi connectivity index (χ1v) is 13.5. The Balaban J connectivity index is 1.50. The predicted molar refractivity (Wildman–Crippen MR) is 156 cm³/mol. The van der Waals surface area contributed by atoms with Crippen LogP contribution in [0.15, 0.2) is 58.3 Å². The summed E-state index contributed by atoms with van der Waals surface area (Å²) >= 11 is 6.07. The Hall–Kier alpha value is -5.04. The Morgan fingerprint density at radius 2 is 1.84 bits per heavy atom. The number of rotatable bonds is 5. The molecule has 1 saturated heterocycles. The van der Waals surface area contributed by atoms with Crippen molar-refractivity contribution in [2.45, 2.75) is 25.8 Å². The van der Waals surface area contributed by atoms with Gasteiger partial charge in [0, 0.05) is 48.0 Å². The third-order valence-corrected chi connectivity index (χ3v) is 8.13. The summed E-state index contributed by atoms with van der Waals surface area (Å²) in [4.78, 5) is 54.1. The molecule has 5 aromatic rings. The van der Waals surface area contributed by atoms with E-state index in [2.05, 4.69) is 4.98 Å². The van der Waals surface area contributed by atoms with E-state index in [0.29, 0.717) is 48.1 Å². The minimum absolute atomic E-state index is 0.0490. The molecule has 14 heteroatoms. The smallest absolute Gasteiger partial charge is 0.341 e. The maximum absolute atomic E-state index is 15.0. The molecule has 3 heterocycles. The molecular weight excluding hydrogens is 588 g/mol. The number of hydrogen-bond donors (Lipinski definition) is 2. The monoisotopic (exact) mass is 609 g/mol. The summed E-state index contributed by atoms with van der Waals surface area (Å²) in [6, 6.07) is 8.57. The predicted octanol–water partition coefficient (Wildman–Crippen LogP) is 5.32. The van der Waals surface area contributed by atoms with E-state index in [1.165, 1.54) is 6.92 Å². The minimum Gasteiger partial charge on any atom is -0.477 e. The molecule has 43 heavy (non-hydrogen) atoms. The standard InChI is InChI=1S/C29H22ClF2N5O6/c1-14-25-18(27(38)19(28(39)40)13-35(25)22-5-3-16(31)11-20(22)32)12-24(37(42)43)26(14)34-8-6-17(7-9-34)36-23-4-2-15(30)10-21(23)33-29(36)41/h2-5,10-13,17H,6-9H2,1H3,(H,33,41)(H,39,40). The molecule has 1 aliphatic rings. The molecule has 0 atom stereocenters. The van der Waals surface area contributed by atoms with E-state index in [0.717, 1.165) is 29.0 Å². The van der Waals surface area contributed by atoms with Crippen LogP contribution < -0.4 is 16.0 Å². The van der Waals surface area contributed by atoms with Gasteiger partial charge >= 0.3 is 11.7 Å². The van der Waals surface area contributed by atoms with Gasteiger partial charge in [0.1, 0.15) is 22.9 Å². The number of carboxylic acid groups (broad SMARTS) is 1. The second kappa shape index (κ2) is 10.3. The third-order valence-electron chi connectivity index (χ3n) is 7.90. The molecule has 0 amide bonds. The van der Waals surface area contributed by atoms with Crippen molar-refractivity contribution in [3.05, 3.63) is 107 Å². The van der Waals surface area contributed by atoms with Crippen LogP contribution >= 0.6 is 11.6 Å². The molecule has 1 aliphatic heterocycles. The molecule has 0 unspecified atom stereocenters. The Labute approximate surface area is 245 Å². The zero-order valence-electron chi connectivity index (χ0n) is 22.4. The van der Waals surface area contributed by atoms with Crippen LogP contribution in [-0.2, 0) is 0 Å². The average Bonchev–Trinajstić information content (AvgIpc) is 3.28. The number of piperidine rings is 1. The van der Waals surface area contributed by atoms with Crippen molar-refractivity contribution in [3.8, 4) is 5.69 Å². The van der Waals surface area contributed by atoms with Crippen molar-refractivity contribution in [1.29, 1.82) is 0 Å². The largest absolute Gasteiger partial charge is 0.477 e. The first-order chi connectivity index (χ1) is 20.5. The number of nitro benzene ring substituents is 1. The number of benzene rings is 3. The third kappa shape index (κ3) is 4.61. The Morgan fingerprint density at radius 1 is 1.12 bits per heavy atom. The quantitative estimate of drug-likeness (QED) is 0.203. The normalized spacial score (nSPS) is 14.1. The lowest BCUT2D eigenvalue weighted by molar-refractivity contribution is -0.384. The van der Waals surface area contributed by atoms with Gasteiger partial charge in [-0.25, -0.2) is 18.4 Å². The minimum atomic E-state index is -1.61. The van der Waals surface area contributed by atoms with E-state index in [4.69, 9.17) is 11.6 Å². The summed E-state index contributed by atoms with van der Waals surface area (Å²) in [5.41, 5.74) is -0.945. The molecule has 11 nitrogen and oxygen atoms in total. The number of halogens is 3. The van der Waals surface area contributed by atoms with Crippen LogP contribution in [0.4, 0.5) is 20.2 Å². The Bertz CT molecular complexity index is 2110. The van der Waals surface area contributed by atoms with Crippen molar-refractivity contribution in [2.75, 3.05) is 18.0 Å². The maximum Gasteiger partial charge on any atom is 0.341 e. The first kappa shape index (κ1) is 28.1. The number of anilines is 1. The lowest BCUT2D eigenvalue weighted by Crippen LogP contribution is -2.37. The number of aromatic nitrogens is 3. The second-order valence-electron chi connectivity index (χ2n) is 10.3. The number of nitrogens with zero attached hydrogens (tertiary/aromatic N) is 4. The summed E-state index contributed by atoms with van der Waals surface area (Å²) in [6.45, 7) is 2.13. The van der Waals surface area contributed by atoms with Crippen LogP contribution in [0.25, 0.3) is 27.6 Å². The topological polar surface area (TPSA) is 143 Å². The highest BCUT2D eigenvalue weighted by molar-refractivity contribution is 6.31. The zero-order chi connectivity index (χ0) is 30.7. The molecule has 220 valence electrons. The van der Waals surface area contributed by atoms with Crippen LogP contribution in [0.5, 0.6) is 0 Å². The molecule has 0 bridgehead atoms. The summed E-state index contributed by atoms with van der Waals surface area (Å²) < 4.78 is 31.5. The number of nitro groups is 1. The molecule has 2 aromatic heterocycles. The average molecular weight is 610 g/mol. The number of nitrogens with one attached hydrogen (secondary N) is 1. The van der Waals surface area contributed by atoms with E-state index in [-0.39, 0.29) is 39.6 Å². The molecule has 2 N–H and O–H groups in total. The van der Waals surface area contributed by atoms with Crippen molar-refractivity contribution >= 4 is 50.9 Å². The molecule has 1 fully saturated rings. The van der Waals surface area contributed by atoms with Crippen molar-refractivity contribution in [2.24, 2.45) is 0 Å². The van der Waals surface area contributed by atoms with Crippen LogP contribution in [0.2, 0.25) is 5.02 Å². The molecule has 0 saturated carbocycles. The number of aromatic carboxylic acids is 1. The van der Waals surface area contributed by atoms with Gasteiger partial charge in [-0.15, -0.1) is 0 Å². The fourth-order valence-corrected chi connectivity index (χ4v) is 6.20. The number of pyridine rings is 1.